The van der Waals surface area contributed by atoms with Crippen LogP contribution in [-0.2, 0) is 6.42 Å². The number of ketones is 1. The Hall–Kier alpha value is -1.58. The summed E-state index contributed by atoms with van der Waals surface area (Å²) < 4.78 is 18.5. The standard InChI is InChI=1S/C15H11Cl2FO2/c1-20-15-8-11(16)10(7-12(15)17)14(19)6-9-4-2-3-5-13(9)18/h2-5,7-8H,6H2,1H3. The molecular formula is C15H11Cl2FO2. The van der Waals surface area contributed by atoms with Crippen molar-refractivity contribution in [3.63, 3.8) is 0 Å². The predicted molar refractivity (Wildman–Crippen MR) is 77.4 cm³/mol. The SMILES string of the molecule is COc1cc(Cl)c(C(=O)Cc2ccccc2F)cc1Cl. The molecule has 0 heterocycles. The molecular weight excluding hydrogens is 302 g/mol. The number of rotatable bonds is 4. The van der Waals surface area contributed by atoms with Crippen LogP contribution in [0.3, 0.4) is 0 Å². The lowest BCUT2D eigenvalue weighted by molar-refractivity contribution is 0.0992. The highest BCUT2D eigenvalue weighted by molar-refractivity contribution is 6.36. The van der Waals surface area contributed by atoms with E-state index < -0.39 is 5.82 Å². The van der Waals surface area contributed by atoms with Crippen LogP contribution < -0.4 is 4.74 Å². The van der Waals surface area contributed by atoms with Gasteiger partial charge >= 0.3 is 0 Å². The number of Topliss-reactive ketones (excluding diaryl/α,β-unsaturated/α-hetero) is 1. The van der Waals surface area contributed by atoms with Crippen LogP contribution in [0.2, 0.25) is 10.0 Å². The first-order valence-electron chi connectivity index (χ1n) is 5.82. The van der Waals surface area contributed by atoms with E-state index in [4.69, 9.17) is 27.9 Å². The van der Waals surface area contributed by atoms with Crippen molar-refractivity contribution in [1.82, 2.24) is 0 Å². The van der Waals surface area contributed by atoms with E-state index in [1.165, 1.54) is 25.3 Å². The highest BCUT2D eigenvalue weighted by atomic mass is 35.5. The second kappa shape index (κ2) is 6.25. The molecule has 0 saturated carbocycles. The fraction of sp³-hybridized carbons (Fsp3) is 0.133. The molecule has 0 atom stereocenters. The predicted octanol–water partition coefficient (Wildman–Crippen LogP) is 4.57. The summed E-state index contributed by atoms with van der Waals surface area (Å²) in [6.45, 7) is 0. The van der Waals surface area contributed by atoms with Gasteiger partial charge in [-0.05, 0) is 17.7 Å². The van der Waals surface area contributed by atoms with E-state index in [2.05, 4.69) is 0 Å². The number of ether oxygens (including phenoxy) is 1. The molecule has 0 unspecified atom stereocenters. The number of hydrogen-bond acceptors (Lipinski definition) is 2. The molecule has 2 nitrogen and oxygen atoms in total. The molecule has 2 aromatic carbocycles. The van der Waals surface area contributed by atoms with Gasteiger partial charge in [0.2, 0.25) is 0 Å². The minimum atomic E-state index is -0.420. The van der Waals surface area contributed by atoms with Gasteiger partial charge in [0.25, 0.3) is 0 Å². The average Bonchev–Trinajstić information content (AvgIpc) is 2.43. The molecule has 0 aliphatic rings. The lowest BCUT2D eigenvalue weighted by Crippen LogP contribution is -2.06. The molecule has 0 N–H and O–H groups in total. The van der Waals surface area contributed by atoms with E-state index >= 15 is 0 Å². The highest BCUT2D eigenvalue weighted by Gasteiger charge is 2.16. The second-order valence-electron chi connectivity index (χ2n) is 4.16. The van der Waals surface area contributed by atoms with E-state index in [1.807, 2.05) is 0 Å². The van der Waals surface area contributed by atoms with Crippen molar-refractivity contribution in [3.05, 3.63) is 63.4 Å². The molecule has 0 fully saturated rings. The van der Waals surface area contributed by atoms with E-state index in [9.17, 15) is 9.18 Å². The zero-order valence-corrected chi connectivity index (χ0v) is 12.1. The van der Waals surface area contributed by atoms with Gasteiger partial charge in [0.05, 0.1) is 17.2 Å². The maximum absolute atomic E-state index is 13.5. The summed E-state index contributed by atoms with van der Waals surface area (Å²) >= 11 is 12.0. The second-order valence-corrected chi connectivity index (χ2v) is 4.97. The first-order chi connectivity index (χ1) is 9.52. The maximum Gasteiger partial charge on any atom is 0.168 e. The van der Waals surface area contributed by atoms with Crippen molar-refractivity contribution >= 4 is 29.0 Å². The van der Waals surface area contributed by atoms with Crippen LogP contribution in [0.15, 0.2) is 36.4 Å². The Kier molecular flexibility index (Phi) is 4.63. The van der Waals surface area contributed by atoms with Gasteiger partial charge in [-0.25, -0.2) is 4.39 Å². The van der Waals surface area contributed by atoms with Gasteiger partial charge in [-0.2, -0.15) is 0 Å². The van der Waals surface area contributed by atoms with Crippen molar-refractivity contribution in [2.45, 2.75) is 6.42 Å². The quantitative estimate of drug-likeness (QED) is 0.773. The lowest BCUT2D eigenvalue weighted by atomic mass is 10.0. The van der Waals surface area contributed by atoms with Crippen LogP contribution in [0.1, 0.15) is 15.9 Å². The van der Waals surface area contributed by atoms with Gasteiger partial charge in [-0.15, -0.1) is 0 Å². The van der Waals surface area contributed by atoms with E-state index in [-0.39, 0.29) is 27.8 Å². The Balaban J connectivity index is 2.30. The molecule has 0 aliphatic heterocycles. The zero-order valence-electron chi connectivity index (χ0n) is 10.6. The van der Waals surface area contributed by atoms with Crippen LogP contribution >= 0.6 is 23.2 Å². The largest absolute Gasteiger partial charge is 0.495 e. The van der Waals surface area contributed by atoms with E-state index in [0.717, 1.165) is 0 Å². The Morgan fingerprint density at radius 2 is 1.90 bits per heavy atom. The van der Waals surface area contributed by atoms with Crippen LogP contribution in [0.4, 0.5) is 4.39 Å². The van der Waals surface area contributed by atoms with Crippen molar-refractivity contribution in [2.75, 3.05) is 7.11 Å². The molecule has 20 heavy (non-hydrogen) atoms. The third-order valence-corrected chi connectivity index (χ3v) is 3.46. The molecule has 2 rings (SSSR count). The van der Waals surface area contributed by atoms with Crippen molar-refractivity contribution in [3.8, 4) is 5.75 Å². The zero-order chi connectivity index (χ0) is 14.7. The van der Waals surface area contributed by atoms with Gasteiger partial charge in [0.1, 0.15) is 11.6 Å². The highest BCUT2D eigenvalue weighted by Crippen LogP contribution is 2.31. The Bertz CT molecular complexity index is 656. The molecule has 0 aromatic heterocycles. The molecule has 0 radical (unpaired) electrons. The Morgan fingerprint density at radius 1 is 1.20 bits per heavy atom. The third kappa shape index (κ3) is 3.11. The molecule has 104 valence electrons. The van der Waals surface area contributed by atoms with Gasteiger partial charge in [-0.3, -0.25) is 4.79 Å². The van der Waals surface area contributed by atoms with Crippen molar-refractivity contribution in [1.29, 1.82) is 0 Å². The summed E-state index contributed by atoms with van der Waals surface area (Å²) in [4.78, 5) is 12.2. The van der Waals surface area contributed by atoms with Gasteiger partial charge in [0, 0.05) is 18.1 Å². The number of benzene rings is 2. The minimum Gasteiger partial charge on any atom is -0.495 e. The smallest absolute Gasteiger partial charge is 0.168 e. The number of carbonyl (C=O) groups is 1. The molecule has 0 aliphatic carbocycles. The maximum atomic E-state index is 13.5. The third-order valence-electron chi connectivity index (χ3n) is 2.85. The Morgan fingerprint density at radius 3 is 2.55 bits per heavy atom. The summed E-state index contributed by atoms with van der Waals surface area (Å²) in [6, 6.07) is 9.02. The lowest BCUT2D eigenvalue weighted by Gasteiger charge is -2.08. The normalized spacial score (nSPS) is 10.4. The van der Waals surface area contributed by atoms with Gasteiger partial charge in [0.15, 0.2) is 5.78 Å². The molecule has 2 aromatic rings. The fourth-order valence-corrected chi connectivity index (χ4v) is 2.31. The Labute approximate surface area is 126 Å². The molecule has 0 bridgehead atoms. The first kappa shape index (κ1) is 14.8. The minimum absolute atomic E-state index is 0.0744. The summed E-state index contributed by atoms with van der Waals surface area (Å²) in [5.74, 6) is -0.333. The monoisotopic (exact) mass is 312 g/mol. The number of halogens is 3. The fourth-order valence-electron chi connectivity index (χ4n) is 1.81. The number of hydrogen-bond donors (Lipinski definition) is 0. The van der Waals surface area contributed by atoms with Gasteiger partial charge in [-0.1, -0.05) is 41.4 Å². The van der Waals surface area contributed by atoms with Crippen LogP contribution in [0.25, 0.3) is 0 Å². The number of carbonyl (C=O) groups excluding carboxylic acids is 1. The summed E-state index contributed by atoms with van der Waals surface area (Å²) in [5.41, 5.74) is 0.571. The summed E-state index contributed by atoms with van der Waals surface area (Å²) in [7, 11) is 1.46. The van der Waals surface area contributed by atoms with Gasteiger partial charge < -0.3 is 4.74 Å². The van der Waals surface area contributed by atoms with Crippen LogP contribution in [0.5, 0.6) is 5.75 Å². The van der Waals surface area contributed by atoms with E-state index in [1.54, 1.807) is 18.2 Å². The topological polar surface area (TPSA) is 26.3 Å². The first-order valence-corrected chi connectivity index (χ1v) is 6.58. The van der Waals surface area contributed by atoms with Crippen molar-refractivity contribution < 1.29 is 13.9 Å². The summed E-state index contributed by atoms with van der Waals surface area (Å²) in [5, 5.41) is 0.515. The molecule has 0 amide bonds. The van der Waals surface area contributed by atoms with Crippen LogP contribution in [0, 0.1) is 5.82 Å². The number of methoxy groups -OCH3 is 1. The van der Waals surface area contributed by atoms with Crippen LogP contribution in [-0.4, -0.2) is 12.9 Å². The average molecular weight is 313 g/mol. The van der Waals surface area contributed by atoms with Crippen molar-refractivity contribution in [2.24, 2.45) is 0 Å². The molecule has 0 spiro atoms. The van der Waals surface area contributed by atoms with E-state index in [0.29, 0.717) is 11.3 Å². The molecule has 5 heteroatoms. The summed E-state index contributed by atoms with van der Waals surface area (Å²) in [6.07, 6.45) is -0.0744. The molecule has 0 saturated heterocycles.